The maximum atomic E-state index is 13.7. The summed E-state index contributed by atoms with van der Waals surface area (Å²) in [6, 6.07) is 1.32. The van der Waals surface area contributed by atoms with Crippen molar-refractivity contribution in [3.05, 3.63) is 23.6 Å². The van der Waals surface area contributed by atoms with E-state index in [1.54, 1.807) is 0 Å². The van der Waals surface area contributed by atoms with Crippen LogP contribution in [-0.4, -0.2) is 43.0 Å². The van der Waals surface area contributed by atoms with Gasteiger partial charge in [-0.25, -0.2) is 15.2 Å². The van der Waals surface area contributed by atoms with E-state index in [0.717, 1.165) is 19.4 Å². The lowest BCUT2D eigenvalue weighted by Gasteiger charge is -2.10. The smallest absolute Gasteiger partial charge is 0.254 e. The van der Waals surface area contributed by atoms with Crippen LogP contribution in [0.3, 0.4) is 0 Å². The highest BCUT2D eigenvalue weighted by atomic mass is 19.1. The van der Waals surface area contributed by atoms with Crippen LogP contribution in [0.5, 0.6) is 0 Å². The van der Waals surface area contributed by atoms with Gasteiger partial charge in [-0.2, -0.15) is 0 Å². The quantitative estimate of drug-likeness (QED) is 0.383. The minimum atomic E-state index is -0.740. The Kier molecular flexibility index (Phi) is 6.17. The van der Waals surface area contributed by atoms with Gasteiger partial charge in [-0.1, -0.05) is 0 Å². The molecule has 19 heavy (non-hydrogen) atoms. The molecule has 0 fully saturated rings. The number of carbonyl (C=O) groups excluding carboxylic acids is 1. The number of nitrogens with two attached hydrogens (primary N) is 1. The first-order chi connectivity index (χ1) is 9.06. The number of rotatable bonds is 7. The number of hydrogen-bond acceptors (Lipinski definition) is 5. The van der Waals surface area contributed by atoms with E-state index in [2.05, 4.69) is 20.6 Å². The fourth-order valence-electron chi connectivity index (χ4n) is 1.57. The average molecular weight is 269 g/mol. The van der Waals surface area contributed by atoms with Gasteiger partial charge in [-0.15, -0.1) is 0 Å². The Bertz CT molecular complexity index is 425. The molecule has 1 aromatic heterocycles. The van der Waals surface area contributed by atoms with Gasteiger partial charge in [0, 0.05) is 12.7 Å². The number of aromatic nitrogens is 1. The lowest BCUT2D eigenvalue weighted by Crippen LogP contribution is -2.27. The largest absolute Gasteiger partial charge is 0.352 e. The number of halogens is 1. The van der Waals surface area contributed by atoms with Crippen LogP contribution in [0.15, 0.2) is 12.3 Å². The second-order valence-corrected chi connectivity index (χ2v) is 4.43. The molecule has 0 aromatic carbocycles. The molecule has 4 N–H and O–H groups in total. The monoisotopic (exact) mass is 269 g/mol. The van der Waals surface area contributed by atoms with Crippen molar-refractivity contribution in [3.63, 3.8) is 0 Å². The Labute approximate surface area is 112 Å². The second kappa shape index (κ2) is 7.65. The van der Waals surface area contributed by atoms with E-state index in [9.17, 15) is 9.18 Å². The molecule has 1 amide bonds. The number of anilines is 1. The Balaban J connectivity index is 2.46. The number of nitrogens with one attached hydrogen (secondary N) is 2. The van der Waals surface area contributed by atoms with E-state index in [-0.39, 0.29) is 11.4 Å². The van der Waals surface area contributed by atoms with Gasteiger partial charge < -0.3 is 15.6 Å². The van der Waals surface area contributed by atoms with Crippen LogP contribution in [0.25, 0.3) is 0 Å². The summed E-state index contributed by atoms with van der Waals surface area (Å²) in [7, 11) is 3.98. The number of pyridine rings is 1. The van der Waals surface area contributed by atoms with Gasteiger partial charge in [0.25, 0.3) is 5.91 Å². The van der Waals surface area contributed by atoms with Gasteiger partial charge in [0.15, 0.2) is 11.6 Å². The molecule has 6 nitrogen and oxygen atoms in total. The average Bonchev–Trinajstić information content (AvgIpc) is 2.38. The molecule has 0 aliphatic carbocycles. The Morgan fingerprint density at radius 2 is 2.21 bits per heavy atom. The van der Waals surface area contributed by atoms with Crippen molar-refractivity contribution in [1.29, 1.82) is 0 Å². The fourth-order valence-corrected chi connectivity index (χ4v) is 1.57. The number of hydrazine groups is 1. The molecule has 0 spiro atoms. The Morgan fingerprint density at radius 3 is 2.84 bits per heavy atom. The van der Waals surface area contributed by atoms with Gasteiger partial charge >= 0.3 is 0 Å². The molecule has 0 saturated heterocycles. The van der Waals surface area contributed by atoms with Crippen molar-refractivity contribution < 1.29 is 9.18 Å². The third-order valence-corrected chi connectivity index (χ3v) is 2.59. The molecule has 1 aromatic rings. The topological polar surface area (TPSA) is 83.3 Å². The van der Waals surface area contributed by atoms with Crippen molar-refractivity contribution in [3.8, 4) is 0 Å². The fraction of sp³-hybridized carbons (Fsp3) is 0.500. The summed E-state index contributed by atoms with van der Waals surface area (Å²) in [6.07, 6.45) is 3.15. The van der Waals surface area contributed by atoms with Gasteiger partial charge in [-0.3, -0.25) is 4.79 Å². The van der Waals surface area contributed by atoms with Crippen molar-refractivity contribution in [1.82, 2.24) is 15.2 Å². The van der Waals surface area contributed by atoms with Crippen molar-refractivity contribution in [2.75, 3.05) is 32.6 Å². The summed E-state index contributed by atoms with van der Waals surface area (Å²) < 4.78 is 13.7. The summed E-state index contributed by atoms with van der Waals surface area (Å²) in [5, 5.41) is 2.67. The molecule has 106 valence electrons. The summed E-state index contributed by atoms with van der Waals surface area (Å²) >= 11 is 0. The predicted octanol–water partition coefficient (Wildman–Crippen LogP) is 0.578. The van der Waals surface area contributed by atoms with E-state index in [1.807, 2.05) is 14.1 Å². The molecule has 0 aliphatic heterocycles. The van der Waals surface area contributed by atoms with Gasteiger partial charge in [-0.05, 0) is 39.5 Å². The number of hydrogen-bond donors (Lipinski definition) is 3. The number of amides is 1. The first kappa shape index (κ1) is 15.3. The van der Waals surface area contributed by atoms with Crippen molar-refractivity contribution in [2.24, 2.45) is 5.84 Å². The molecule has 1 rings (SSSR count). The van der Waals surface area contributed by atoms with E-state index in [4.69, 9.17) is 5.84 Å². The summed E-state index contributed by atoms with van der Waals surface area (Å²) in [5.41, 5.74) is 2.05. The molecular weight excluding hydrogens is 249 g/mol. The predicted molar refractivity (Wildman–Crippen MR) is 72.1 cm³/mol. The standard InChI is InChI=1S/C12H20FN5O/c1-18(2)8-4-3-6-16-12(19)9-5-7-15-11(17-14)10(9)13/h5,7H,3-4,6,8,14H2,1-2H3,(H,15,17)(H,16,19). The highest BCUT2D eigenvalue weighted by molar-refractivity contribution is 5.95. The highest BCUT2D eigenvalue weighted by Gasteiger charge is 2.14. The molecule has 0 radical (unpaired) electrons. The van der Waals surface area contributed by atoms with Gasteiger partial charge in [0.1, 0.15) is 0 Å². The second-order valence-electron chi connectivity index (χ2n) is 4.43. The third-order valence-electron chi connectivity index (χ3n) is 2.59. The molecule has 0 unspecified atom stereocenters. The first-order valence-electron chi connectivity index (χ1n) is 6.10. The maximum Gasteiger partial charge on any atom is 0.254 e. The lowest BCUT2D eigenvalue weighted by atomic mass is 10.2. The number of nitrogen functional groups attached to an aromatic ring is 1. The molecule has 1 heterocycles. The van der Waals surface area contributed by atoms with E-state index in [1.165, 1.54) is 12.3 Å². The van der Waals surface area contributed by atoms with Crippen LogP contribution in [-0.2, 0) is 0 Å². The van der Waals surface area contributed by atoms with Gasteiger partial charge in [0.2, 0.25) is 0 Å². The zero-order valence-electron chi connectivity index (χ0n) is 11.2. The molecule has 0 saturated carbocycles. The zero-order valence-corrected chi connectivity index (χ0v) is 11.2. The van der Waals surface area contributed by atoms with Crippen LogP contribution in [0.2, 0.25) is 0 Å². The molecular formula is C12H20FN5O. The van der Waals surface area contributed by atoms with Crippen molar-refractivity contribution in [2.45, 2.75) is 12.8 Å². The SMILES string of the molecule is CN(C)CCCCNC(=O)c1ccnc(NN)c1F. The normalized spacial score (nSPS) is 10.6. The van der Waals surface area contributed by atoms with E-state index >= 15 is 0 Å². The van der Waals surface area contributed by atoms with Crippen LogP contribution < -0.4 is 16.6 Å². The maximum absolute atomic E-state index is 13.7. The van der Waals surface area contributed by atoms with Crippen LogP contribution in [0.4, 0.5) is 10.2 Å². The molecule has 0 aliphatic rings. The van der Waals surface area contributed by atoms with Crippen LogP contribution in [0, 0.1) is 5.82 Å². The minimum Gasteiger partial charge on any atom is -0.352 e. The van der Waals surface area contributed by atoms with Gasteiger partial charge in [0.05, 0.1) is 5.56 Å². The molecule has 0 bridgehead atoms. The molecule has 7 heteroatoms. The number of unbranched alkanes of at least 4 members (excludes halogenated alkanes) is 1. The summed E-state index contributed by atoms with van der Waals surface area (Å²) in [5.74, 6) is 3.76. The van der Waals surface area contributed by atoms with Crippen molar-refractivity contribution >= 4 is 11.7 Å². The number of carbonyl (C=O) groups is 1. The van der Waals surface area contributed by atoms with E-state index in [0.29, 0.717) is 6.54 Å². The number of nitrogens with zero attached hydrogens (tertiary/aromatic N) is 2. The lowest BCUT2D eigenvalue weighted by molar-refractivity contribution is 0.0948. The summed E-state index contributed by atoms with van der Waals surface area (Å²) in [6.45, 7) is 1.47. The zero-order chi connectivity index (χ0) is 14.3. The first-order valence-corrected chi connectivity index (χ1v) is 6.10. The highest BCUT2D eigenvalue weighted by Crippen LogP contribution is 2.13. The van der Waals surface area contributed by atoms with Crippen LogP contribution >= 0.6 is 0 Å². The summed E-state index contributed by atoms with van der Waals surface area (Å²) in [4.78, 5) is 17.5. The minimum absolute atomic E-state index is 0.0597. The third kappa shape index (κ3) is 4.80. The van der Waals surface area contributed by atoms with E-state index < -0.39 is 11.7 Å². The Hall–Kier alpha value is -1.73. The Morgan fingerprint density at radius 1 is 1.47 bits per heavy atom. The molecule has 0 atom stereocenters. The van der Waals surface area contributed by atoms with Crippen LogP contribution in [0.1, 0.15) is 23.2 Å².